The van der Waals surface area contributed by atoms with Gasteiger partial charge < -0.3 is 18.9 Å². The van der Waals surface area contributed by atoms with Gasteiger partial charge in [0.25, 0.3) is 11.1 Å². The van der Waals surface area contributed by atoms with E-state index in [1.54, 1.807) is 55.7 Å². The highest BCUT2D eigenvalue weighted by atomic mass is 79.9. The van der Waals surface area contributed by atoms with Crippen molar-refractivity contribution < 1.29 is 32.9 Å². The maximum atomic E-state index is 14.0. The molecule has 0 spiro atoms. The number of amides is 2. The van der Waals surface area contributed by atoms with Crippen LogP contribution in [0.15, 0.2) is 70.0 Å². The Morgan fingerprint density at radius 3 is 2.38 bits per heavy atom. The van der Waals surface area contributed by atoms with Crippen molar-refractivity contribution in [1.82, 2.24) is 4.90 Å². The first-order valence-corrected chi connectivity index (χ1v) is 12.8. The van der Waals surface area contributed by atoms with Crippen LogP contribution in [0.5, 0.6) is 23.0 Å². The van der Waals surface area contributed by atoms with Crippen molar-refractivity contribution in [2.75, 3.05) is 27.4 Å². The van der Waals surface area contributed by atoms with Gasteiger partial charge in [0, 0.05) is 5.56 Å². The molecule has 0 aliphatic carbocycles. The minimum Gasteiger partial charge on any atom is -0.493 e. The van der Waals surface area contributed by atoms with Gasteiger partial charge in [-0.25, -0.2) is 4.39 Å². The molecule has 10 heteroatoms. The lowest BCUT2D eigenvalue weighted by molar-refractivity contribution is -0.123. The Hall–Kier alpha value is -3.50. The third-order valence-electron chi connectivity index (χ3n) is 5.39. The molecule has 192 valence electrons. The minimum atomic E-state index is -0.409. The number of para-hydroxylation sites is 2. The maximum absolute atomic E-state index is 14.0. The van der Waals surface area contributed by atoms with Crippen LogP contribution in [0, 0.1) is 5.82 Å². The number of ether oxygens (including phenoxy) is 4. The number of hydrogen-bond donors (Lipinski definition) is 0. The van der Waals surface area contributed by atoms with Gasteiger partial charge in [0.15, 0.2) is 23.0 Å². The van der Waals surface area contributed by atoms with Crippen molar-refractivity contribution in [2.24, 2.45) is 0 Å². The van der Waals surface area contributed by atoms with Crippen molar-refractivity contribution in [1.29, 1.82) is 0 Å². The summed E-state index contributed by atoms with van der Waals surface area (Å²) < 4.78 is 36.7. The van der Waals surface area contributed by atoms with E-state index in [4.69, 9.17) is 18.9 Å². The number of carbonyl (C=O) groups is 2. The zero-order valence-corrected chi connectivity index (χ0v) is 22.4. The summed E-state index contributed by atoms with van der Waals surface area (Å²) in [5, 5.41) is -0.379. The van der Waals surface area contributed by atoms with Gasteiger partial charge in [-0.2, -0.15) is 0 Å². The van der Waals surface area contributed by atoms with Crippen LogP contribution in [0.25, 0.3) is 6.08 Å². The Morgan fingerprint density at radius 2 is 1.65 bits per heavy atom. The molecular formula is C27H23BrFNO6S. The third-order valence-corrected chi connectivity index (χ3v) is 6.89. The number of carbonyl (C=O) groups excluding carboxylic acids is 2. The summed E-state index contributed by atoms with van der Waals surface area (Å²) in [6, 6.07) is 16.9. The lowest BCUT2D eigenvalue weighted by Crippen LogP contribution is -2.32. The molecule has 1 aliphatic heterocycles. The van der Waals surface area contributed by atoms with Crippen molar-refractivity contribution in [2.45, 2.75) is 6.61 Å². The molecule has 1 saturated heterocycles. The first-order valence-electron chi connectivity index (χ1n) is 11.2. The molecule has 0 unspecified atom stereocenters. The van der Waals surface area contributed by atoms with Crippen molar-refractivity contribution in [3.63, 3.8) is 0 Å². The van der Waals surface area contributed by atoms with Gasteiger partial charge in [-0.1, -0.05) is 30.3 Å². The van der Waals surface area contributed by atoms with Crippen LogP contribution in [0.4, 0.5) is 9.18 Å². The highest BCUT2D eigenvalue weighted by Gasteiger charge is 2.35. The van der Waals surface area contributed by atoms with E-state index in [-0.39, 0.29) is 35.7 Å². The second-order valence-electron chi connectivity index (χ2n) is 7.75. The number of benzene rings is 3. The van der Waals surface area contributed by atoms with Crippen LogP contribution in [-0.4, -0.2) is 43.4 Å². The molecule has 0 atom stereocenters. The molecule has 1 aliphatic rings. The summed E-state index contributed by atoms with van der Waals surface area (Å²) in [7, 11) is 3.02. The van der Waals surface area contributed by atoms with Crippen LogP contribution in [0.3, 0.4) is 0 Å². The number of nitrogens with zero attached hydrogens (tertiary/aromatic N) is 1. The summed E-state index contributed by atoms with van der Waals surface area (Å²) in [5.41, 5.74) is 1.03. The highest BCUT2D eigenvalue weighted by Crippen LogP contribution is 2.39. The third kappa shape index (κ3) is 6.26. The summed E-state index contributed by atoms with van der Waals surface area (Å²) >= 11 is 4.32. The van der Waals surface area contributed by atoms with E-state index in [0.29, 0.717) is 38.6 Å². The largest absolute Gasteiger partial charge is 0.493 e. The van der Waals surface area contributed by atoms with E-state index in [1.165, 1.54) is 13.2 Å². The second kappa shape index (κ2) is 12.2. The molecule has 1 heterocycles. The standard InChI is InChI=1S/C27H23BrFNO6S/c1-33-21-9-5-6-10-22(21)35-12-11-30-26(31)24(37-27(30)32)15-17-13-19(28)25(23(14-17)34-2)36-16-18-7-3-4-8-20(18)29/h3-10,13-15H,11-12,16H2,1-2H3/b24-15-. The van der Waals surface area contributed by atoms with Gasteiger partial charge in [-0.05, 0) is 69.7 Å². The molecule has 0 N–H and O–H groups in total. The maximum Gasteiger partial charge on any atom is 0.293 e. The van der Waals surface area contributed by atoms with Gasteiger partial charge in [0.1, 0.15) is 19.0 Å². The lowest BCUT2D eigenvalue weighted by atomic mass is 10.1. The zero-order valence-electron chi connectivity index (χ0n) is 20.0. The molecule has 7 nitrogen and oxygen atoms in total. The molecule has 1 fully saturated rings. The van der Waals surface area contributed by atoms with Crippen LogP contribution < -0.4 is 18.9 Å². The summed E-state index contributed by atoms with van der Waals surface area (Å²) in [6.07, 6.45) is 1.61. The fourth-order valence-corrected chi connectivity index (χ4v) is 5.00. The fraction of sp³-hybridized carbons (Fsp3) is 0.185. The first kappa shape index (κ1) is 26.6. The molecule has 0 saturated carbocycles. The predicted molar refractivity (Wildman–Crippen MR) is 143 cm³/mol. The van der Waals surface area contributed by atoms with Gasteiger partial charge in [0.05, 0.1) is 30.1 Å². The van der Waals surface area contributed by atoms with Crippen molar-refractivity contribution in [3.8, 4) is 23.0 Å². The number of halogens is 2. The minimum absolute atomic E-state index is 0.0107. The first-order chi connectivity index (χ1) is 17.9. The SMILES string of the molecule is COc1ccccc1OCCN1C(=O)S/C(=C\c2cc(Br)c(OCc3ccccc3F)c(OC)c2)C1=O. The van der Waals surface area contributed by atoms with Gasteiger partial charge in [-0.3, -0.25) is 14.5 Å². The van der Waals surface area contributed by atoms with E-state index in [0.717, 1.165) is 16.7 Å². The Labute approximate surface area is 226 Å². The molecule has 0 radical (unpaired) electrons. The number of rotatable bonds is 10. The summed E-state index contributed by atoms with van der Waals surface area (Å²) in [6.45, 7) is 0.228. The predicted octanol–water partition coefficient (Wildman–Crippen LogP) is 6.30. The van der Waals surface area contributed by atoms with E-state index >= 15 is 0 Å². The summed E-state index contributed by atoms with van der Waals surface area (Å²) in [4.78, 5) is 26.8. The van der Waals surface area contributed by atoms with E-state index in [9.17, 15) is 14.0 Å². The van der Waals surface area contributed by atoms with Gasteiger partial charge >= 0.3 is 0 Å². The molecule has 4 rings (SSSR count). The van der Waals surface area contributed by atoms with E-state index < -0.39 is 5.91 Å². The van der Waals surface area contributed by atoms with Crippen LogP contribution in [0.2, 0.25) is 0 Å². The zero-order chi connectivity index (χ0) is 26.4. The molecular weight excluding hydrogens is 565 g/mol. The Kier molecular flexibility index (Phi) is 8.73. The quantitative estimate of drug-likeness (QED) is 0.258. The molecule has 37 heavy (non-hydrogen) atoms. The smallest absolute Gasteiger partial charge is 0.293 e. The average molecular weight is 588 g/mol. The highest BCUT2D eigenvalue weighted by molar-refractivity contribution is 9.10. The Morgan fingerprint density at radius 1 is 0.946 bits per heavy atom. The van der Waals surface area contributed by atoms with E-state index in [2.05, 4.69) is 15.9 Å². The second-order valence-corrected chi connectivity index (χ2v) is 9.59. The van der Waals surface area contributed by atoms with E-state index in [1.807, 2.05) is 12.1 Å². The van der Waals surface area contributed by atoms with Crippen molar-refractivity contribution in [3.05, 3.63) is 87.0 Å². The lowest BCUT2D eigenvalue weighted by Gasteiger charge is -2.15. The molecule has 3 aromatic rings. The molecule has 0 aromatic heterocycles. The topological polar surface area (TPSA) is 74.3 Å². The number of hydrogen-bond acceptors (Lipinski definition) is 7. The summed E-state index contributed by atoms with van der Waals surface area (Å²) in [5.74, 6) is 1.11. The van der Waals surface area contributed by atoms with Crippen molar-refractivity contribution >= 4 is 44.9 Å². The van der Waals surface area contributed by atoms with Crippen LogP contribution in [-0.2, 0) is 11.4 Å². The monoisotopic (exact) mass is 587 g/mol. The molecule has 3 aromatic carbocycles. The van der Waals surface area contributed by atoms with Gasteiger partial charge in [-0.15, -0.1) is 0 Å². The average Bonchev–Trinajstić information content (AvgIpc) is 3.16. The Bertz CT molecular complexity index is 1350. The van der Waals surface area contributed by atoms with Crippen LogP contribution in [0.1, 0.15) is 11.1 Å². The van der Waals surface area contributed by atoms with Crippen LogP contribution >= 0.6 is 27.7 Å². The Balaban J connectivity index is 1.45. The number of methoxy groups -OCH3 is 2. The normalized spacial score (nSPS) is 14.3. The molecule has 2 amide bonds. The van der Waals surface area contributed by atoms with Gasteiger partial charge in [0.2, 0.25) is 0 Å². The fourth-order valence-electron chi connectivity index (χ4n) is 3.56. The number of imide groups is 1. The number of thioether (sulfide) groups is 1. The molecule has 0 bridgehead atoms.